The van der Waals surface area contributed by atoms with E-state index in [9.17, 15) is 9.18 Å². The maximum absolute atomic E-state index is 12.8. The summed E-state index contributed by atoms with van der Waals surface area (Å²) in [5.74, 6) is -0.252. The highest BCUT2D eigenvalue weighted by Crippen LogP contribution is 2.17. The van der Waals surface area contributed by atoms with E-state index in [0.29, 0.717) is 25.9 Å². The van der Waals surface area contributed by atoms with Crippen LogP contribution in [0.25, 0.3) is 10.9 Å². The number of carbonyl (C=O) groups is 1. The number of nitrogens with zero attached hydrogens (tertiary/aromatic N) is 2. The molecule has 0 saturated heterocycles. The van der Waals surface area contributed by atoms with Gasteiger partial charge in [-0.2, -0.15) is 5.10 Å². The standard InChI is InChI=1S/C19H20FN3O/c1-14-3-2-4-18-17(14)13-22-23(18)12-10-19(24)21-11-9-15-5-7-16(20)8-6-15/h2-8,13H,9-12H2,1H3,(H,21,24). The normalized spacial score (nSPS) is 10.9. The lowest BCUT2D eigenvalue weighted by Gasteiger charge is -2.07. The van der Waals surface area contributed by atoms with Crippen LogP contribution in [0.2, 0.25) is 0 Å². The van der Waals surface area contributed by atoms with E-state index >= 15 is 0 Å². The Bertz CT molecular complexity index is 839. The Morgan fingerprint density at radius 1 is 1.21 bits per heavy atom. The highest BCUT2D eigenvalue weighted by Gasteiger charge is 2.07. The third kappa shape index (κ3) is 3.79. The molecule has 0 atom stereocenters. The van der Waals surface area contributed by atoms with E-state index in [-0.39, 0.29) is 11.7 Å². The molecule has 0 saturated carbocycles. The van der Waals surface area contributed by atoms with Gasteiger partial charge in [0.05, 0.1) is 18.3 Å². The summed E-state index contributed by atoms with van der Waals surface area (Å²) in [5.41, 5.74) is 3.24. The van der Waals surface area contributed by atoms with E-state index < -0.39 is 0 Å². The summed E-state index contributed by atoms with van der Waals surface area (Å²) < 4.78 is 14.7. The van der Waals surface area contributed by atoms with Crippen LogP contribution < -0.4 is 5.32 Å². The third-order valence-electron chi connectivity index (χ3n) is 4.11. The van der Waals surface area contributed by atoms with Crippen molar-refractivity contribution in [3.05, 3.63) is 65.6 Å². The summed E-state index contributed by atoms with van der Waals surface area (Å²) in [7, 11) is 0. The molecule has 0 unspecified atom stereocenters. The molecule has 0 fully saturated rings. The minimum Gasteiger partial charge on any atom is -0.356 e. The molecule has 4 nitrogen and oxygen atoms in total. The Labute approximate surface area is 140 Å². The zero-order valence-electron chi connectivity index (χ0n) is 13.6. The number of aryl methyl sites for hydroxylation is 2. The maximum Gasteiger partial charge on any atom is 0.221 e. The molecule has 1 aromatic heterocycles. The van der Waals surface area contributed by atoms with Gasteiger partial charge >= 0.3 is 0 Å². The SMILES string of the molecule is Cc1cccc2c1cnn2CCC(=O)NCCc1ccc(F)cc1. The van der Waals surface area contributed by atoms with Crippen molar-refractivity contribution in [2.75, 3.05) is 6.54 Å². The number of aromatic nitrogens is 2. The van der Waals surface area contributed by atoms with Gasteiger partial charge in [0.25, 0.3) is 0 Å². The lowest BCUT2D eigenvalue weighted by atomic mass is 10.1. The van der Waals surface area contributed by atoms with Crippen LogP contribution in [0.15, 0.2) is 48.7 Å². The minimum absolute atomic E-state index is 0.00610. The van der Waals surface area contributed by atoms with Crippen LogP contribution >= 0.6 is 0 Å². The van der Waals surface area contributed by atoms with Crippen LogP contribution in [-0.2, 0) is 17.8 Å². The second-order valence-electron chi connectivity index (χ2n) is 5.85. The predicted molar refractivity (Wildman–Crippen MR) is 92.2 cm³/mol. The van der Waals surface area contributed by atoms with Crippen molar-refractivity contribution in [3.63, 3.8) is 0 Å². The molecule has 0 spiro atoms. The van der Waals surface area contributed by atoms with E-state index in [1.54, 1.807) is 12.1 Å². The van der Waals surface area contributed by atoms with E-state index in [0.717, 1.165) is 16.5 Å². The molecule has 1 N–H and O–H groups in total. The van der Waals surface area contributed by atoms with Crippen LogP contribution in [-0.4, -0.2) is 22.2 Å². The van der Waals surface area contributed by atoms with Crippen LogP contribution in [0.4, 0.5) is 4.39 Å². The van der Waals surface area contributed by atoms with Gasteiger partial charge < -0.3 is 5.32 Å². The fraction of sp³-hybridized carbons (Fsp3) is 0.263. The number of rotatable bonds is 6. The Balaban J connectivity index is 1.48. The number of amides is 1. The fourth-order valence-corrected chi connectivity index (χ4v) is 2.72. The highest BCUT2D eigenvalue weighted by molar-refractivity contribution is 5.82. The van der Waals surface area contributed by atoms with Gasteiger partial charge in [-0.25, -0.2) is 4.39 Å². The zero-order chi connectivity index (χ0) is 16.9. The smallest absolute Gasteiger partial charge is 0.221 e. The summed E-state index contributed by atoms with van der Waals surface area (Å²) in [5, 5.41) is 8.38. The molecule has 1 heterocycles. The summed E-state index contributed by atoms with van der Waals surface area (Å²) >= 11 is 0. The number of benzene rings is 2. The van der Waals surface area contributed by atoms with Gasteiger partial charge in [0, 0.05) is 18.4 Å². The number of hydrogen-bond donors (Lipinski definition) is 1. The number of nitrogens with one attached hydrogen (secondary N) is 1. The first-order valence-corrected chi connectivity index (χ1v) is 8.06. The minimum atomic E-state index is -0.246. The monoisotopic (exact) mass is 325 g/mol. The first kappa shape index (κ1) is 16.2. The van der Waals surface area contributed by atoms with Crippen molar-refractivity contribution in [2.24, 2.45) is 0 Å². The first-order valence-electron chi connectivity index (χ1n) is 8.06. The molecule has 2 aromatic carbocycles. The molecule has 0 radical (unpaired) electrons. The quantitative estimate of drug-likeness (QED) is 0.756. The van der Waals surface area contributed by atoms with Crippen LogP contribution in [0, 0.1) is 12.7 Å². The summed E-state index contributed by atoms with van der Waals surface area (Å²) in [6, 6.07) is 12.4. The predicted octanol–water partition coefficient (Wildman–Crippen LogP) is 3.23. The molecule has 5 heteroatoms. The molecule has 1 amide bonds. The molecule has 24 heavy (non-hydrogen) atoms. The highest BCUT2D eigenvalue weighted by atomic mass is 19.1. The van der Waals surface area contributed by atoms with E-state index in [1.807, 2.05) is 23.0 Å². The number of halogens is 1. The number of hydrogen-bond acceptors (Lipinski definition) is 2. The van der Waals surface area contributed by atoms with Gasteiger partial charge in [0.1, 0.15) is 5.82 Å². The van der Waals surface area contributed by atoms with Gasteiger partial charge in [-0.1, -0.05) is 24.3 Å². The number of fused-ring (bicyclic) bond motifs is 1. The van der Waals surface area contributed by atoms with Gasteiger partial charge in [0.15, 0.2) is 0 Å². The molecular formula is C19H20FN3O. The second kappa shape index (κ2) is 7.25. The van der Waals surface area contributed by atoms with E-state index in [1.165, 1.54) is 17.7 Å². The van der Waals surface area contributed by atoms with Crippen LogP contribution in [0.1, 0.15) is 17.5 Å². The Hall–Kier alpha value is -2.69. The van der Waals surface area contributed by atoms with Crippen LogP contribution in [0.5, 0.6) is 0 Å². The van der Waals surface area contributed by atoms with E-state index in [4.69, 9.17) is 0 Å². The Kier molecular flexibility index (Phi) is 4.89. The second-order valence-corrected chi connectivity index (χ2v) is 5.85. The molecule has 0 aliphatic rings. The molecule has 0 bridgehead atoms. The Morgan fingerprint density at radius 3 is 2.79 bits per heavy atom. The molecular weight excluding hydrogens is 305 g/mol. The van der Waals surface area contributed by atoms with Crippen LogP contribution in [0.3, 0.4) is 0 Å². The molecule has 3 aromatic rings. The molecule has 124 valence electrons. The van der Waals surface area contributed by atoms with Gasteiger partial charge in [-0.05, 0) is 42.7 Å². The zero-order valence-corrected chi connectivity index (χ0v) is 13.6. The first-order chi connectivity index (χ1) is 11.6. The maximum atomic E-state index is 12.8. The topological polar surface area (TPSA) is 46.9 Å². The number of carbonyl (C=O) groups excluding carboxylic acids is 1. The lowest BCUT2D eigenvalue weighted by Crippen LogP contribution is -2.26. The average molecular weight is 325 g/mol. The van der Waals surface area contributed by atoms with Gasteiger partial charge in [-0.15, -0.1) is 0 Å². The Morgan fingerprint density at radius 2 is 2.00 bits per heavy atom. The van der Waals surface area contributed by atoms with Crippen molar-refractivity contribution in [3.8, 4) is 0 Å². The van der Waals surface area contributed by atoms with Gasteiger partial charge in [0.2, 0.25) is 5.91 Å². The summed E-state index contributed by atoms with van der Waals surface area (Å²) in [6.45, 7) is 3.15. The van der Waals surface area contributed by atoms with Crippen molar-refractivity contribution in [1.29, 1.82) is 0 Å². The fourth-order valence-electron chi connectivity index (χ4n) is 2.72. The van der Waals surface area contributed by atoms with Gasteiger partial charge in [-0.3, -0.25) is 9.48 Å². The molecule has 3 rings (SSSR count). The summed E-state index contributed by atoms with van der Waals surface area (Å²) in [4.78, 5) is 12.0. The molecule has 0 aliphatic carbocycles. The lowest BCUT2D eigenvalue weighted by molar-refractivity contribution is -0.121. The van der Waals surface area contributed by atoms with Crippen molar-refractivity contribution in [1.82, 2.24) is 15.1 Å². The largest absolute Gasteiger partial charge is 0.356 e. The molecule has 0 aliphatic heterocycles. The van der Waals surface area contributed by atoms with Crippen molar-refractivity contribution in [2.45, 2.75) is 26.3 Å². The van der Waals surface area contributed by atoms with E-state index in [2.05, 4.69) is 23.4 Å². The van der Waals surface area contributed by atoms with Crippen molar-refractivity contribution < 1.29 is 9.18 Å². The van der Waals surface area contributed by atoms with Crippen molar-refractivity contribution >= 4 is 16.8 Å². The average Bonchev–Trinajstić information content (AvgIpc) is 2.99. The third-order valence-corrected chi connectivity index (χ3v) is 4.11. The summed E-state index contributed by atoms with van der Waals surface area (Å²) in [6.07, 6.45) is 2.92.